The normalized spacial score (nSPS) is 13.0. The van der Waals surface area contributed by atoms with Gasteiger partial charge in [0, 0.05) is 20.2 Å². The molecule has 0 spiro atoms. The first-order valence-electron chi connectivity index (χ1n) is 6.92. The lowest BCUT2D eigenvalue weighted by Crippen LogP contribution is -2.23. The Balaban J connectivity index is 2.76. The number of ether oxygens (including phenoxy) is 1. The lowest BCUT2D eigenvalue weighted by molar-refractivity contribution is -0.137. The fourth-order valence-electron chi connectivity index (χ4n) is 1.81. The van der Waals surface area contributed by atoms with Gasteiger partial charge in [0.15, 0.2) is 0 Å². The standard InChI is InChI=1S/C16H22F3NO/c1-12(2)14(11-20-8-9-21-3)10-13-4-6-15(7-5-13)16(17,18)19/h4-7,10,12,20H,8-9,11H2,1-3H3. The van der Waals surface area contributed by atoms with E-state index in [1.165, 1.54) is 12.1 Å². The van der Waals surface area contributed by atoms with E-state index in [0.29, 0.717) is 19.1 Å². The van der Waals surface area contributed by atoms with Gasteiger partial charge in [0.05, 0.1) is 12.2 Å². The Morgan fingerprint density at radius 2 is 1.86 bits per heavy atom. The van der Waals surface area contributed by atoms with Crippen LogP contribution in [0.3, 0.4) is 0 Å². The van der Waals surface area contributed by atoms with Crippen LogP contribution in [0.1, 0.15) is 25.0 Å². The molecule has 0 aliphatic heterocycles. The molecule has 0 unspecified atom stereocenters. The third-order valence-corrected chi connectivity index (χ3v) is 3.14. The first-order valence-corrected chi connectivity index (χ1v) is 6.92. The largest absolute Gasteiger partial charge is 0.416 e. The van der Waals surface area contributed by atoms with Gasteiger partial charge in [0.25, 0.3) is 0 Å². The van der Waals surface area contributed by atoms with Crippen molar-refractivity contribution < 1.29 is 17.9 Å². The van der Waals surface area contributed by atoms with Gasteiger partial charge < -0.3 is 10.1 Å². The van der Waals surface area contributed by atoms with Crippen LogP contribution in [0, 0.1) is 5.92 Å². The molecule has 0 heterocycles. The highest BCUT2D eigenvalue weighted by Crippen LogP contribution is 2.29. The number of methoxy groups -OCH3 is 1. The highest BCUT2D eigenvalue weighted by Gasteiger charge is 2.29. The fraction of sp³-hybridized carbons (Fsp3) is 0.500. The van der Waals surface area contributed by atoms with E-state index in [2.05, 4.69) is 19.2 Å². The Morgan fingerprint density at radius 1 is 1.24 bits per heavy atom. The zero-order valence-electron chi connectivity index (χ0n) is 12.6. The predicted octanol–water partition coefficient (Wildman–Crippen LogP) is 3.98. The molecule has 0 atom stereocenters. The van der Waals surface area contributed by atoms with E-state index in [4.69, 9.17) is 4.74 Å². The van der Waals surface area contributed by atoms with Crippen molar-refractivity contribution in [3.63, 3.8) is 0 Å². The van der Waals surface area contributed by atoms with E-state index in [9.17, 15) is 13.2 Å². The SMILES string of the molecule is COCCNCC(=Cc1ccc(C(F)(F)F)cc1)C(C)C. The number of hydrogen-bond acceptors (Lipinski definition) is 2. The van der Waals surface area contributed by atoms with Crippen LogP contribution in [-0.2, 0) is 10.9 Å². The molecule has 0 aromatic heterocycles. The summed E-state index contributed by atoms with van der Waals surface area (Å²) in [6.07, 6.45) is -2.35. The Bertz CT molecular complexity index is 450. The number of nitrogens with one attached hydrogen (secondary N) is 1. The minimum atomic E-state index is -4.29. The Morgan fingerprint density at radius 3 is 2.33 bits per heavy atom. The van der Waals surface area contributed by atoms with Crippen molar-refractivity contribution in [2.45, 2.75) is 20.0 Å². The quantitative estimate of drug-likeness (QED) is 0.769. The maximum Gasteiger partial charge on any atom is 0.416 e. The first kappa shape index (κ1) is 17.7. The van der Waals surface area contributed by atoms with Crippen molar-refractivity contribution >= 4 is 6.08 Å². The van der Waals surface area contributed by atoms with Crippen molar-refractivity contribution in [3.05, 3.63) is 41.0 Å². The Kier molecular flexibility index (Phi) is 6.92. The molecule has 0 radical (unpaired) electrons. The van der Waals surface area contributed by atoms with Gasteiger partial charge in [0.2, 0.25) is 0 Å². The van der Waals surface area contributed by atoms with Gasteiger partial charge >= 0.3 is 6.18 Å². The molecular weight excluding hydrogens is 279 g/mol. The van der Waals surface area contributed by atoms with Crippen LogP contribution in [-0.4, -0.2) is 26.8 Å². The van der Waals surface area contributed by atoms with Gasteiger partial charge in [-0.1, -0.05) is 37.6 Å². The van der Waals surface area contributed by atoms with Crippen LogP contribution in [0.5, 0.6) is 0 Å². The maximum atomic E-state index is 12.5. The summed E-state index contributed by atoms with van der Waals surface area (Å²) in [5.41, 5.74) is 1.30. The summed E-state index contributed by atoms with van der Waals surface area (Å²) in [5.74, 6) is 0.322. The van der Waals surface area contributed by atoms with Crippen LogP contribution in [0.15, 0.2) is 29.8 Å². The molecule has 1 rings (SSSR count). The second-order valence-corrected chi connectivity index (χ2v) is 5.16. The van der Waals surface area contributed by atoms with Crippen LogP contribution in [0.25, 0.3) is 6.08 Å². The van der Waals surface area contributed by atoms with E-state index < -0.39 is 11.7 Å². The van der Waals surface area contributed by atoms with Gasteiger partial charge in [-0.2, -0.15) is 13.2 Å². The van der Waals surface area contributed by atoms with E-state index in [1.807, 2.05) is 6.08 Å². The lowest BCUT2D eigenvalue weighted by atomic mass is 9.99. The second kappa shape index (κ2) is 8.20. The van der Waals surface area contributed by atoms with Crippen molar-refractivity contribution in [3.8, 4) is 0 Å². The third kappa shape index (κ3) is 6.31. The van der Waals surface area contributed by atoms with Gasteiger partial charge in [-0.05, 0) is 23.6 Å². The van der Waals surface area contributed by atoms with Crippen molar-refractivity contribution in [1.82, 2.24) is 5.32 Å². The zero-order chi connectivity index (χ0) is 15.9. The smallest absolute Gasteiger partial charge is 0.383 e. The number of hydrogen-bond donors (Lipinski definition) is 1. The summed E-state index contributed by atoms with van der Waals surface area (Å²) >= 11 is 0. The van der Waals surface area contributed by atoms with Crippen LogP contribution < -0.4 is 5.32 Å². The molecule has 0 saturated heterocycles. The molecule has 1 aromatic rings. The van der Waals surface area contributed by atoms with Gasteiger partial charge in [-0.25, -0.2) is 0 Å². The molecule has 1 N–H and O–H groups in total. The number of alkyl halides is 3. The molecule has 118 valence electrons. The summed E-state index contributed by atoms with van der Waals surface area (Å²) in [6, 6.07) is 5.23. The molecular formula is C16H22F3NO. The number of rotatable bonds is 7. The summed E-state index contributed by atoms with van der Waals surface area (Å²) in [6.45, 7) is 6.20. The summed E-state index contributed by atoms with van der Waals surface area (Å²) < 4.78 is 42.5. The molecule has 2 nitrogen and oxygen atoms in total. The highest BCUT2D eigenvalue weighted by molar-refractivity contribution is 5.54. The Hall–Kier alpha value is -1.33. The number of halogens is 3. The molecule has 0 aliphatic rings. The van der Waals surface area contributed by atoms with Crippen LogP contribution in [0.4, 0.5) is 13.2 Å². The summed E-state index contributed by atoms with van der Waals surface area (Å²) in [4.78, 5) is 0. The van der Waals surface area contributed by atoms with E-state index in [1.54, 1.807) is 7.11 Å². The van der Waals surface area contributed by atoms with Crippen molar-refractivity contribution in [2.24, 2.45) is 5.92 Å². The Labute approximate surface area is 124 Å². The minimum absolute atomic E-state index is 0.322. The van der Waals surface area contributed by atoms with Crippen molar-refractivity contribution in [2.75, 3.05) is 26.8 Å². The third-order valence-electron chi connectivity index (χ3n) is 3.14. The van der Waals surface area contributed by atoms with Crippen molar-refractivity contribution in [1.29, 1.82) is 0 Å². The monoisotopic (exact) mass is 301 g/mol. The molecule has 1 aromatic carbocycles. The molecule has 0 amide bonds. The molecule has 0 aliphatic carbocycles. The highest BCUT2D eigenvalue weighted by atomic mass is 19.4. The molecule has 21 heavy (non-hydrogen) atoms. The molecule has 0 fully saturated rings. The molecule has 0 saturated carbocycles. The van der Waals surface area contributed by atoms with Crippen LogP contribution in [0.2, 0.25) is 0 Å². The first-order chi connectivity index (χ1) is 9.84. The summed E-state index contributed by atoms with van der Waals surface area (Å²) in [7, 11) is 1.64. The maximum absolute atomic E-state index is 12.5. The summed E-state index contributed by atoms with van der Waals surface area (Å²) in [5, 5.41) is 3.25. The molecule has 0 bridgehead atoms. The van der Waals surface area contributed by atoms with E-state index in [-0.39, 0.29) is 0 Å². The zero-order valence-corrected chi connectivity index (χ0v) is 12.6. The van der Waals surface area contributed by atoms with E-state index >= 15 is 0 Å². The van der Waals surface area contributed by atoms with Gasteiger partial charge in [-0.15, -0.1) is 0 Å². The lowest BCUT2D eigenvalue weighted by Gasteiger charge is -2.13. The van der Waals surface area contributed by atoms with E-state index in [0.717, 1.165) is 29.8 Å². The number of benzene rings is 1. The fourth-order valence-corrected chi connectivity index (χ4v) is 1.81. The predicted molar refractivity (Wildman–Crippen MR) is 79.0 cm³/mol. The van der Waals surface area contributed by atoms with Crippen LogP contribution >= 0.6 is 0 Å². The molecule has 5 heteroatoms. The topological polar surface area (TPSA) is 21.3 Å². The second-order valence-electron chi connectivity index (χ2n) is 5.16. The average molecular weight is 301 g/mol. The van der Waals surface area contributed by atoms with Gasteiger partial charge in [-0.3, -0.25) is 0 Å². The average Bonchev–Trinajstić information content (AvgIpc) is 2.41. The van der Waals surface area contributed by atoms with Gasteiger partial charge in [0.1, 0.15) is 0 Å². The minimum Gasteiger partial charge on any atom is -0.383 e.